The van der Waals surface area contributed by atoms with E-state index in [4.69, 9.17) is 5.73 Å². The van der Waals surface area contributed by atoms with Crippen molar-refractivity contribution in [3.63, 3.8) is 0 Å². The van der Waals surface area contributed by atoms with Crippen LogP contribution < -0.4 is 11.1 Å². The monoisotopic (exact) mass is 417 g/mol. The standard InChI is InChI=1S/C22H20FN7O/c23-18-4-3-16(27-22(31)29-7-1-2-8-29)10-17(18)19-13-30-12-15(11-26-21(30)28-19)14-5-6-25-20(24)9-14/h3-6,9-13H,1-2,7-8H2,(H2,24,25)(H,27,31). The Hall–Kier alpha value is -4.01. The number of carbonyl (C=O) groups excluding carboxylic acids is 1. The van der Waals surface area contributed by atoms with Gasteiger partial charge in [-0.25, -0.2) is 24.1 Å². The number of halogens is 1. The van der Waals surface area contributed by atoms with Gasteiger partial charge in [0.05, 0.1) is 5.69 Å². The molecule has 9 heteroatoms. The van der Waals surface area contributed by atoms with Gasteiger partial charge in [0.2, 0.25) is 5.78 Å². The summed E-state index contributed by atoms with van der Waals surface area (Å²) in [6, 6.07) is 7.89. The summed E-state index contributed by atoms with van der Waals surface area (Å²) in [7, 11) is 0. The van der Waals surface area contributed by atoms with Gasteiger partial charge in [-0.05, 0) is 48.7 Å². The van der Waals surface area contributed by atoms with Crippen molar-refractivity contribution >= 4 is 23.3 Å². The fraction of sp³-hybridized carbons (Fsp3) is 0.182. The summed E-state index contributed by atoms with van der Waals surface area (Å²) in [6.45, 7) is 1.48. The van der Waals surface area contributed by atoms with Crippen molar-refractivity contribution in [2.24, 2.45) is 0 Å². The molecule has 0 unspecified atom stereocenters. The molecule has 1 aromatic carbocycles. The number of hydrogen-bond donors (Lipinski definition) is 2. The first-order valence-electron chi connectivity index (χ1n) is 9.99. The Labute approximate surface area is 177 Å². The predicted molar refractivity (Wildman–Crippen MR) is 116 cm³/mol. The van der Waals surface area contributed by atoms with E-state index in [0.29, 0.717) is 28.5 Å². The fourth-order valence-corrected chi connectivity index (χ4v) is 3.71. The molecule has 4 aromatic rings. The number of benzene rings is 1. The molecule has 1 aliphatic heterocycles. The smallest absolute Gasteiger partial charge is 0.321 e. The molecule has 1 saturated heterocycles. The molecule has 8 nitrogen and oxygen atoms in total. The van der Waals surface area contributed by atoms with Crippen LogP contribution in [0.3, 0.4) is 0 Å². The van der Waals surface area contributed by atoms with Gasteiger partial charge in [-0.2, -0.15) is 0 Å². The first-order chi connectivity index (χ1) is 15.1. The second-order valence-corrected chi connectivity index (χ2v) is 7.46. The van der Waals surface area contributed by atoms with Crippen LogP contribution in [0.1, 0.15) is 12.8 Å². The SMILES string of the molecule is Nc1cc(-c2cnc3nc(-c4cc(NC(=O)N5CCCC5)ccc4F)cn3c2)ccn1. The van der Waals surface area contributed by atoms with Crippen LogP contribution in [0.4, 0.5) is 20.7 Å². The van der Waals surface area contributed by atoms with Crippen molar-refractivity contribution in [2.75, 3.05) is 24.1 Å². The number of urea groups is 1. The maximum Gasteiger partial charge on any atom is 0.321 e. The molecule has 1 fully saturated rings. The average molecular weight is 417 g/mol. The molecule has 0 saturated carbocycles. The number of anilines is 2. The van der Waals surface area contributed by atoms with E-state index in [0.717, 1.165) is 37.1 Å². The zero-order chi connectivity index (χ0) is 21.4. The summed E-state index contributed by atoms with van der Waals surface area (Å²) in [5.41, 5.74) is 8.71. The van der Waals surface area contributed by atoms with E-state index in [9.17, 15) is 9.18 Å². The number of amides is 2. The zero-order valence-corrected chi connectivity index (χ0v) is 16.6. The third-order valence-electron chi connectivity index (χ3n) is 5.31. The number of carbonyl (C=O) groups is 1. The number of likely N-dealkylation sites (tertiary alicyclic amines) is 1. The van der Waals surface area contributed by atoms with Gasteiger partial charge in [-0.1, -0.05) is 0 Å². The molecule has 0 radical (unpaired) electrons. The third kappa shape index (κ3) is 3.77. The maximum atomic E-state index is 14.6. The van der Waals surface area contributed by atoms with Crippen LogP contribution in [-0.2, 0) is 0 Å². The number of nitrogens with two attached hydrogens (primary N) is 1. The summed E-state index contributed by atoms with van der Waals surface area (Å²) in [4.78, 5) is 26.9. The van der Waals surface area contributed by atoms with Crippen molar-refractivity contribution in [1.29, 1.82) is 0 Å². The molecule has 156 valence electrons. The van der Waals surface area contributed by atoms with E-state index in [2.05, 4.69) is 20.3 Å². The predicted octanol–water partition coefficient (Wildman–Crippen LogP) is 3.81. The Kier molecular flexibility index (Phi) is 4.70. The molecule has 31 heavy (non-hydrogen) atoms. The number of nitrogens with zero attached hydrogens (tertiary/aromatic N) is 5. The van der Waals surface area contributed by atoms with Gasteiger partial charge in [0, 0.05) is 54.7 Å². The number of aromatic nitrogens is 4. The summed E-state index contributed by atoms with van der Waals surface area (Å²) < 4.78 is 16.3. The molecule has 0 atom stereocenters. The average Bonchev–Trinajstić information content (AvgIpc) is 3.44. The molecule has 5 rings (SSSR count). The van der Waals surface area contributed by atoms with E-state index < -0.39 is 5.82 Å². The highest BCUT2D eigenvalue weighted by atomic mass is 19.1. The molecule has 2 amide bonds. The van der Waals surface area contributed by atoms with Crippen LogP contribution in [-0.4, -0.2) is 43.4 Å². The highest BCUT2D eigenvalue weighted by Crippen LogP contribution is 2.27. The number of hydrogen-bond acceptors (Lipinski definition) is 5. The highest BCUT2D eigenvalue weighted by molar-refractivity contribution is 5.90. The van der Waals surface area contributed by atoms with Gasteiger partial charge in [0.25, 0.3) is 0 Å². The maximum absolute atomic E-state index is 14.6. The fourth-order valence-electron chi connectivity index (χ4n) is 3.71. The van der Waals surface area contributed by atoms with Crippen molar-refractivity contribution in [3.8, 4) is 22.4 Å². The van der Waals surface area contributed by atoms with Gasteiger partial charge in [-0.3, -0.25) is 4.40 Å². The lowest BCUT2D eigenvalue weighted by Crippen LogP contribution is -2.32. The van der Waals surface area contributed by atoms with E-state index in [1.54, 1.807) is 46.1 Å². The van der Waals surface area contributed by atoms with Gasteiger partial charge >= 0.3 is 6.03 Å². The van der Waals surface area contributed by atoms with E-state index in [1.165, 1.54) is 6.07 Å². The lowest BCUT2D eigenvalue weighted by atomic mass is 10.1. The van der Waals surface area contributed by atoms with Gasteiger partial charge < -0.3 is 16.0 Å². The number of rotatable bonds is 3. The second-order valence-electron chi connectivity index (χ2n) is 7.46. The Morgan fingerprint density at radius 1 is 1.06 bits per heavy atom. The summed E-state index contributed by atoms with van der Waals surface area (Å²) >= 11 is 0. The largest absolute Gasteiger partial charge is 0.384 e. The Bertz CT molecular complexity index is 1280. The van der Waals surface area contributed by atoms with Gasteiger partial charge in [0.1, 0.15) is 11.6 Å². The van der Waals surface area contributed by atoms with Crippen LogP contribution in [0.25, 0.3) is 28.2 Å². The minimum Gasteiger partial charge on any atom is -0.384 e. The number of fused-ring (bicyclic) bond motifs is 1. The van der Waals surface area contributed by atoms with Crippen LogP contribution >= 0.6 is 0 Å². The minimum atomic E-state index is -0.426. The van der Waals surface area contributed by atoms with Gasteiger partial charge in [-0.15, -0.1) is 0 Å². The normalized spacial score (nSPS) is 13.6. The molecule has 0 spiro atoms. The van der Waals surface area contributed by atoms with E-state index in [1.807, 2.05) is 12.3 Å². The Morgan fingerprint density at radius 2 is 1.90 bits per heavy atom. The van der Waals surface area contributed by atoms with Crippen molar-refractivity contribution < 1.29 is 9.18 Å². The molecular formula is C22H20FN7O. The highest BCUT2D eigenvalue weighted by Gasteiger charge is 2.19. The van der Waals surface area contributed by atoms with Crippen LogP contribution in [0.15, 0.2) is 55.1 Å². The van der Waals surface area contributed by atoms with Crippen molar-refractivity contribution in [3.05, 3.63) is 60.9 Å². The second kappa shape index (κ2) is 7.67. The number of imidazole rings is 1. The molecule has 0 bridgehead atoms. The first-order valence-corrected chi connectivity index (χ1v) is 9.99. The summed E-state index contributed by atoms with van der Waals surface area (Å²) in [5, 5.41) is 2.84. The lowest BCUT2D eigenvalue weighted by molar-refractivity contribution is 0.222. The lowest BCUT2D eigenvalue weighted by Gasteiger charge is -2.16. The molecule has 0 aliphatic carbocycles. The van der Waals surface area contributed by atoms with Crippen molar-refractivity contribution in [1.82, 2.24) is 24.3 Å². The Balaban J connectivity index is 1.46. The summed E-state index contributed by atoms with van der Waals surface area (Å²) in [5.74, 6) is 0.426. The topological polar surface area (TPSA) is 101 Å². The van der Waals surface area contributed by atoms with Crippen molar-refractivity contribution in [2.45, 2.75) is 12.8 Å². The first kappa shape index (κ1) is 19.0. The summed E-state index contributed by atoms with van der Waals surface area (Å²) in [6.07, 6.45) is 8.88. The molecule has 1 aliphatic rings. The molecule has 3 N–H and O–H groups in total. The van der Waals surface area contributed by atoms with Crippen LogP contribution in [0.2, 0.25) is 0 Å². The van der Waals surface area contributed by atoms with E-state index in [-0.39, 0.29) is 6.03 Å². The number of nitrogen functional groups attached to an aromatic ring is 1. The number of nitrogens with one attached hydrogen (secondary N) is 1. The molecular weight excluding hydrogens is 397 g/mol. The number of pyridine rings is 1. The zero-order valence-electron chi connectivity index (χ0n) is 16.6. The van der Waals surface area contributed by atoms with Crippen LogP contribution in [0, 0.1) is 5.82 Å². The Morgan fingerprint density at radius 3 is 2.71 bits per heavy atom. The van der Waals surface area contributed by atoms with Crippen LogP contribution in [0.5, 0.6) is 0 Å². The van der Waals surface area contributed by atoms with Gasteiger partial charge in [0.15, 0.2) is 0 Å². The molecule has 3 aromatic heterocycles. The minimum absolute atomic E-state index is 0.173. The quantitative estimate of drug-likeness (QED) is 0.528. The third-order valence-corrected chi connectivity index (χ3v) is 5.31. The molecule has 4 heterocycles. The van der Waals surface area contributed by atoms with E-state index >= 15 is 0 Å².